The van der Waals surface area contributed by atoms with Crippen LogP contribution >= 0.6 is 0 Å². The van der Waals surface area contributed by atoms with Crippen molar-refractivity contribution in [2.75, 3.05) is 11.9 Å². The van der Waals surface area contributed by atoms with Gasteiger partial charge in [-0.05, 0) is 44.9 Å². The number of anilines is 1. The third kappa shape index (κ3) is 3.86. The van der Waals surface area contributed by atoms with Crippen LogP contribution in [0.25, 0.3) is 0 Å². The molecule has 1 aliphatic rings. The highest BCUT2D eigenvalue weighted by Crippen LogP contribution is 2.13. The summed E-state index contributed by atoms with van der Waals surface area (Å²) in [5.74, 6) is 0.113. The van der Waals surface area contributed by atoms with Crippen LogP contribution in [0.1, 0.15) is 31.2 Å². The molecule has 0 spiro atoms. The van der Waals surface area contributed by atoms with Crippen LogP contribution in [0.4, 0.5) is 5.69 Å². The van der Waals surface area contributed by atoms with Gasteiger partial charge in [0.25, 0.3) is 0 Å². The van der Waals surface area contributed by atoms with Crippen molar-refractivity contribution in [1.82, 2.24) is 5.32 Å². The van der Waals surface area contributed by atoms with Gasteiger partial charge in [-0.25, -0.2) is 0 Å². The monoisotopic (exact) mass is 232 g/mol. The minimum atomic E-state index is 0.113. The summed E-state index contributed by atoms with van der Waals surface area (Å²) < 4.78 is 0. The Balaban J connectivity index is 1.74. The summed E-state index contributed by atoms with van der Waals surface area (Å²) in [6, 6.07) is 8.45. The fourth-order valence-corrected chi connectivity index (χ4v) is 2.17. The second-order valence-electron chi connectivity index (χ2n) is 4.75. The van der Waals surface area contributed by atoms with Crippen molar-refractivity contribution >= 4 is 11.6 Å². The highest BCUT2D eigenvalue weighted by atomic mass is 16.1. The normalized spacial score (nSPS) is 19.2. The van der Waals surface area contributed by atoms with E-state index in [0.29, 0.717) is 12.5 Å². The van der Waals surface area contributed by atoms with Crippen molar-refractivity contribution in [1.29, 1.82) is 0 Å². The van der Waals surface area contributed by atoms with E-state index in [0.717, 1.165) is 18.7 Å². The van der Waals surface area contributed by atoms with E-state index in [1.165, 1.54) is 18.4 Å². The number of amides is 1. The molecule has 1 heterocycles. The molecule has 0 saturated carbocycles. The molecular formula is C14H20N2O. The zero-order valence-corrected chi connectivity index (χ0v) is 10.3. The van der Waals surface area contributed by atoms with Crippen LogP contribution in [0.3, 0.4) is 0 Å². The lowest BCUT2D eigenvalue weighted by atomic mass is 10.1. The van der Waals surface area contributed by atoms with Crippen molar-refractivity contribution in [2.45, 2.75) is 38.6 Å². The van der Waals surface area contributed by atoms with E-state index in [1.54, 1.807) is 0 Å². The number of hydrogen-bond acceptors (Lipinski definition) is 2. The largest absolute Gasteiger partial charge is 0.326 e. The van der Waals surface area contributed by atoms with Crippen LogP contribution in [0, 0.1) is 6.92 Å². The molecule has 1 saturated heterocycles. The van der Waals surface area contributed by atoms with Crippen LogP contribution in [-0.4, -0.2) is 18.5 Å². The molecule has 92 valence electrons. The quantitative estimate of drug-likeness (QED) is 0.837. The third-order valence-corrected chi connectivity index (χ3v) is 3.22. The summed E-state index contributed by atoms with van der Waals surface area (Å²) in [4.78, 5) is 11.7. The molecule has 3 heteroatoms. The van der Waals surface area contributed by atoms with Crippen LogP contribution in [-0.2, 0) is 4.79 Å². The average Bonchev–Trinajstić information content (AvgIpc) is 2.83. The number of benzene rings is 1. The Morgan fingerprint density at radius 2 is 2.18 bits per heavy atom. The summed E-state index contributed by atoms with van der Waals surface area (Å²) in [6.07, 6.45) is 3.99. The lowest BCUT2D eigenvalue weighted by Crippen LogP contribution is -2.23. The Morgan fingerprint density at radius 1 is 1.41 bits per heavy atom. The molecule has 0 aromatic heterocycles. The van der Waals surface area contributed by atoms with Gasteiger partial charge in [0.15, 0.2) is 0 Å². The maximum Gasteiger partial charge on any atom is 0.224 e. The van der Waals surface area contributed by atoms with Gasteiger partial charge in [-0.2, -0.15) is 0 Å². The third-order valence-electron chi connectivity index (χ3n) is 3.22. The molecule has 1 unspecified atom stereocenters. The van der Waals surface area contributed by atoms with Gasteiger partial charge in [0.05, 0.1) is 0 Å². The summed E-state index contributed by atoms with van der Waals surface area (Å²) in [5.41, 5.74) is 2.10. The van der Waals surface area contributed by atoms with Gasteiger partial charge in [-0.1, -0.05) is 17.7 Å². The van der Waals surface area contributed by atoms with Gasteiger partial charge in [0.2, 0.25) is 5.91 Å². The standard InChI is InChI=1S/C14H20N2O/c1-11-4-6-13(7-5-11)16-14(17)9-8-12-3-2-10-15-12/h4-7,12,15H,2-3,8-10H2,1H3,(H,16,17). The minimum absolute atomic E-state index is 0.113. The zero-order valence-electron chi connectivity index (χ0n) is 10.3. The number of carbonyl (C=O) groups is 1. The molecule has 1 aliphatic heterocycles. The van der Waals surface area contributed by atoms with Crippen molar-refractivity contribution in [3.8, 4) is 0 Å². The SMILES string of the molecule is Cc1ccc(NC(=O)CCC2CCCN2)cc1. The first-order chi connectivity index (χ1) is 8.24. The lowest BCUT2D eigenvalue weighted by Gasteiger charge is -2.10. The number of carbonyl (C=O) groups excluding carboxylic acids is 1. The molecule has 1 aromatic carbocycles. The molecule has 1 aromatic rings. The number of nitrogens with one attached hydrogen (secondary N) is 2. The van der Waals surface area contributed by atoms with Crippen molar-refractivity contribution in [2.24, 2.45) is 0 Å². The Bertz CT molecular complexity index is 366. The van der Waals surface area contributed by atoms with Crippen LogP contribution in [0.15, 0.2) is 24.3 Å². The predicted molar refractivity (Wildman–Crippen MR) is 70.1 cm³/mol. The second-order valence-corrected chi connectivity index (χ2v) is 4.75. The molecule has 2 N–H and O–H groups in total. The molecule has 2 rings (SSSR count). The van der Waals surface area contributed by atoms with Gasteiger partial charge < -0.3 is 10.6 Å². The maximum absolute atomic E-state index is 11.7. The summed E-state index contributed by atoms with van der Waals surface area (Å²) in [6.45, 7) is 3.14. The topological polar surface area (TPSA) is 41.1 Å². The second kappa shape index (κ2) is 5.82. The highest BCUT2D eigenvalue weighted by molar-refractivity contribution is 5.90. The first-order valence-corrected chi connectivity index (χ1v) is 6.34. The van der Waals surface area contributed by atoms with Gasteiger partial charge >= 0.3 is 0 Å². The van der Waals surface area contributed by atoms with E-state index in [-0.39, 0.29) is 5.91 Å². The molecular weight excluding hydrogens is 212 g/mol. The van der Waals surface area contributed by atoms with Gasteiger partial charge in [-0.3, -0.25) is 4.79 Å². The van der Waals surface area contributed by atoms with Crippen molar-refractivity contribution < 1.29 is 4.79 Å². The van der Waals surface area contributed by atoms with E-state index >= 15 is 0 Å². The molecule has 3 nitrogen and oxygen atoms in total. The van der Waals surface area contributed by atoms with Crippen LogP contribution in [0.5, 0.6) is 0 Å². The van der Waals surface area contributed by atoms with Crippen molar-refractivity contribution in [3.63, 3.8) is 0 Å². The summed E-state index contributed by atoms with van der Waals surface area (Å²) >= 11 is 0. The Morgan fingerprint density at radius 3 is 2.82 bits per heavy atom. The Labute approximate surface area is 103 Å². The smallest absolute Gasteiger partial charge is 0.224 e. The average molecular weight is 232 g/mol. The Kier molecular flexibility index (Phi) is 4.15. The number of rotatable bonds is 4. The minimum Gasteiger partial charge on any atom is -0.326 e. The molecule has 1 atom stereocenters. The van der Waals surface area contributed by atoms with Gasteiger partial charge in [-0.15, -0.1) is 0 Å². The highest BCUT2D eigenvalue weighted by Gasteiger charge is 2.15. The molecule has 0 radical (unpaired) electrons. The summed E-state index contributed by atoms with van der Waals surface area (Å²) in [7, 11) is 0. The number of hydrogen-bond donors (Lipinski definition) is 2. The zero-order chi connectivity index (χ0) is 12.1. The molecule has 1 amide bonds. The fraction of sp³-hybridized carbons (Fsp3) is 0.500. The molecule has 17 heavy (non-hydrogen) atoms. The van der Waals surface area contributed by atoms with Gasteiger partial charge in [0.1, 0.15) is 0 Å². The lowest BCUT2D eigenvalue weighted by molar-refractivity contribution is -0.116. The molecule has 0 aliphatic carbocycles. The first-order valence-electron chi connectivity index (χ1n) is 6.34. The van der Waals surface area contributed by atoms with E-state index in [1.807, 2.05) is 31.2 Å². The fourth-order valence-electron chi connectivity index (χ4n) is 2.17. The van der Waals surface area contributed by atoms with E-state index in [9.17, 15) is 4.79 Å². The molecule has 1 fully saturated rings. The van der Waals surface area contributed by atoms with Gasteiger partial charge in [0, 0.05) is 18.2 Å². The number of aryl methyl sites for hydroxylation is 1. The van der Waals surface area contributed by atoms with E-state index in [2.05, 4.69) is 10.6 Å². The van der Waals surface area contributed by atoms with Crippen LogP contribution in [0.2, 0.25) is 0 Å². The van der Waals surface area contributed by atoms with Crippen LogP contribution < -0.4 is 10.6 Å². The van der Waals surface area contributed by atoms with Crippen molar-refractivity contribution in [3.05, 3.63) is 29.8 Å². The van der Waals surface area contributed by atoms with E-state index < -0.39 is 0 Å². The predicted octanol–water partition coefficient (Wildman–Crippen LogP) is 2.47. The summed E-state index contributed by atoms with van der Waals surface area (Å²) in [5, 5.41) is 6.33. The van der Waals surface area contributed by atoms with E-state index in [4.69, 9.17) is 0 Å². The Hall–Kier alpha value is -1.35. The maximum atomic E-state index is 11.7. The first kappa shape index (κ1) is 12.1. The molecule has 0 bridgehead atoms.